The van der Waals surface area contributed by atoms with E-state index in [0.29, 0.717) is 29.6 Å². The van der Waals surface area contributed by atoms with Gasteiger partial charge in [-0.25, -0.2) is 4.98 Å². The summed E-state index contributed by atoms with van der Waals surface area (Å²) in [6.07, 6.45) is 4.01. The van der Waals surface area contributed by atoms with Crippen LogP contribution in [0.2, 0.25) is 0 Å². The van der Waals surface area contributed by atoms with Crippen molar-refractivity contribution < 1.29 is 14.5 Å². The number of fused-ring (bicyclic) bond motifs is 1. The molecule has 0 radical (unpaired) electrons. The fraction of sp³-hybridized carbons (Fsp3) is 0.250. The van der Waals surface area contributed by atoms with Crippen molar-refractivity contribution in [2.24, 2.45) is 0 Å². The molecule has 2 aromatic heterocycles. The first kappa shape index (κ1) is 24.3. The third-order valence-electron chi connectivity index (χ3n) is 6.71. The van der Waals surface area contributed by atoms with Crippen LogP contribution in [0.1, 0.15) is 24.8 Å². The maximum Gasteiger partial charge on any atom is 0.288 e. The molecule has 5 rings (SSSR count). The summed E-state index contributed by atoms with van der Waals surface area (Å²) in [6.45, 7) is 1.02. The highest BCUT2D eigenvalue weighted by atomic mass is 16.6. The van der Waals surface area contributed by atoms with Crippen LogP contribution in [0, 0.1) is 10.1 Å². The Morgan fingerprint density at radius 3 is 2.65 bits per heavy atom. The number of likely N-dealkylation sites (tertiary alicyclic amines) is 1. The highest BCUT2D eigenvalue weighted by molar-refractivity contribution is 5.96. The van der Waals surface area contributed by atoms with Crippen molar-refractivity contribution in [2.75, 3.05) is 18.4 Å². The van der Waals surface area contributed by atoms with Crippen LogP contribution in [-0.4, -0.2) is 50.6 Å². The number of benzene rings is 2. The van der Waals surface area contributed by atoms with E-state index in [1.54, 1.807) is 0 Å². The summed E-state index contributed by atoms with van der Waals surface area (Å²) >= 11 is 0. The van der Waals surface area contributed by atoms with Crippen molar-refractivity contribution in [3.63, 3.8) is 0 Å². The predicted molar refractivity (Wildman–Crippen MR) is 141 cm³/mol. The van der Waals surface area contributed by atoms with Crippen LogP contribution < -0.4 is 5.32 Å². The van der Waals surface area contributed by atoms with Crippen LogP contribution in [0.4, 0.5) is 11.4 Å². The largest absolute Gasteiger partial charge is 0.339 e. The van der Waals surface area contributed by atoms with Gasteiger partial charge in [0.05, 0.1) is 17.5 Å². The van der Waals surface area contributed by atoms with E-state index in [2.05, 4.69) is 15.3 Å². The Morgan fingerprint density at radius 1 is 1.11 bits per heavy atom. The second-order valence-corrected chi connectivity index (χ2v) is 9.29. The van der Waals surface area contributed by atoms with Crippen molar-refractivity contribution >= 4 is 34.1 Å². The Hall–Kier alpha value is -4.37. The average Bonchev–Trinajstić information content (AvgIpc) is 3.55. The third-order valence-corrected chi connectivity index (χ3v) is 6.71. The minimum atomic E-state index is -0.470. The van der Waals surface area contributed by atoms with Gasteiger partial charge in [0.1, 0.15) is 17.6 Å². The van der Waals surface area contributed by atoms with Gasteiger partial charge in [-0.2, -0.15) is 0 Å². The highest BCUT2D eigenvalue weighted by Gasteiger charge is 2.31. The Bertz CT molecular complexity index is 1430. The number of H-pyrrole nitrogens is 1. The van der Waals surface area contributed by atoms with Crippen LogP contribution in [-0.2, 0) is 16.0 Å². The first-order valence-electron chi connectivity index (χ1n) is 12.3. The number of pyridine rings is 1. The van der Waals surface area contributed by atoms with Crippen molar-refractivity contribution in [2.45, 2.75) is 31.7 Å². The van der Waals surface area contributed by atoms with E-state index in [4.69, 9.17) is 0 Å². The lowest BCUT2D eigenvalue weighted by Crippen LogP contribution is -2.42. The fourth-order valence-corrected chi connectivity index (χ4v) is 4.76. The van der Waals surface area contributed by atoms with Gasteiger partial charge >= 0.3 is 0 Å². The molecule has 0 unspecified atom stereocenters. The zero-order chi connectivity index (χ0) is 25.8. The fourth-order valence-electron chi connectivity index (χ4n) is 4.76. The Balaban J connectivity index is 1.18. The molecule has 2 N–H and O–H groups in total. The van der Waals surface area contributed by atoms with Gasteiger partial charge in [-0.05, 0) is 55.1 Å². The number of amides is 1. The molecule has 2 aromatic carbocycles. The van der Waals surface area contributed by atoms with Crippen molar-refractivity contribution in [1.82, 2.24) is 14.9 Å². The molecule has 1 aliphatic heterocycles. The lowest BCUT2D eigenvalue weighted by Gasteiger charge is -2.23. The number of nitrogens with zero attached hydrogens (tertiary/aromatic N) is 3. The minimum Gasteiger partial charge on any atom is -0.339 e. The van der Waals surface area contributed by atoms with Gasteiger partial charge in [-0.3, -0.25) is 24.6 Å². The van der Waals surface area contributed by atoms with E-state index in [1.807, 2.05) is 65.6 Å². The van der Waals surface area contributed by atoms with Gasteiger partial charge in [0.15, 0.2) is 0 Å². The number of ketones is 1. The van der Waals surface area contributed by atoms with Crippen molar-refractivity contribution in [3.8, 4) is 11.3 Å². The summed E-state index contributed by atoms with van der Waals surface area (Å²) in [5, 5.41) is 14.6. The van der Waals surface area contributed by atoms with E-state index in [1.165, 1.54) is 12.3 Å². The Kier molecular flexibility index (Phi) is 7.04. The summed E-state index contributed by atoms with van der Waals surface area (Å²) < 4.78 is 0. The number of aromatic amines is 1. The zero-order valence-electron chi connectivity index (χ0n) is 20.2. The van der Waals surface area contributed by atoms with E-state index in [0.717, 1.165) is 36.2 Å². The summed E-state index contributed by atoms with van der Waals surface area (Å²) in [5.41, 5.74) is 3.95. The summed E-state index contributed by atoms with van der Waals surface area (Å²) in [5.74, 6) is 0.0364. The summed E-state index contributed by atoms with van der Waals surface area (Å²) in [6, 6.07) is 20.3. The number of rotatable bonds is 9. The van der Waals surface area contributed by atoms with Gasteiger partial charge in [-0.1, -0.05) is 42.5 Å². The number of carbonyl (C=O) groups is 2. The number of aromatic nitrogens is 2. The minimum absolute atomic E-state index is 0.0602. The number of hydrogen-bond acceptors (Lipinski definition) is 6. The standard InChI is InChI=1S/C28H27N5O4/c34-24(13-8-19-5-2-1-3-6-19)18-32-14-4-7-26(32)28(35)30-22-11-9-20(10-12-22)25-16-21-15-23(33(36)37)17-29-27(21)31-25/h1-3,5-6,9-12,15-17,26H,4,7-8,13-14,18H2,(H,29,31)(H,30,35)/t26-/m0/s1. The predicted octanol–water partition coefficient (Wildman–Crippen LogP) is 4.74. The van der Waals surface area contributed by atoms with Gasteiger partial charge in [-0.15, -0.1) is 0 Å². The number of carbonyl (C=O) groups excluding carboxylic acids is 2. The Morgan fingerprint density at radius 2 is 1.89 bits per heavy atom. The number of aryl methyl sites for hydroxylation is 1. The molecule has 0 aliphatic carbocycles. The molecule has 1 amide bonds. The lowest BCUT2D eigenvalue weighted by atomic mass is 10.1. The number of Topliss-reactive ketones (excluding diaryl/α,β-unsaturated/α-hetero) is 1. The number of nitrogens with one attached hydrogen (secondary N) is 2. The molecule has 0 spiro atoms. The molecule has 3 heterocycles. The van der Waals surface area contributed by atoms with E-state index >= 15 is 0 Å². The molecule has 1 atom stereocenters. The smallest absolute Gasteiger partial charge is 0.288 e. The van der Waals surface area contributed by atoms with Crippen LogP contribution in [0.15, 0.2) is 72.9 Å². The number of hydrogen-bond donors (Lipinski definition) is 2. The van der Waals surface area contributed by atoms with E-state index in [-0.39, 0.29) is 30.0 Å². The molecule has 9 nitrogen and oxygen atoms in total. The topological polar surface area (TPSA) is 121 Å². The molecule has 1 saturated heterocycles. The summed E-state index contributed by atoms with van der Waals surface area (Å²) in [4.78, 5) is 45.4. The van der Waals surface area contributed by atoms with Gasteiger partial charge < -0.3 is 10.3 Å². The SMILES string of the molecule is O=C(CCc1ccccc1)CN1CCC[C@H]1C(=O)Nc1ccc(-c2cc3cc([N+](=O)[O-])cnc3[nH]2)cc1. The van der Waals surface area contributed by atoms with E-state index in [9.17, 15) is 19.7 Å². The van der Waals surface area contributed by atoms with Gasteiger partial charge in [0.2, 0.25) is 5.91 Å². The summed E-state index contributed by atoms with van der Waals surface area (Å²) in [7, 11) is 0. The molecule has 1 fully saturated rings. The van der Waals surface area contributed by atoms with Crippen molar-refractivity contribution in [1.29, 1.82) is 0 Å². The second-order valence-electron chi connectivity index (χ2n) is 9.29. The molecular formula is C28H27N5O4. The maximum atomic E-state index is 13.0. The first-order chi connectivity index (χ1) is 18.0. The normalized spacial score (nSPS) is 15.6. The molecule has 4 aromatic rings. The molecule has 0 bridgehead atoms. The zero-order valence-corrected chi connectivity index (χ0v) is 20.2. The second kappa shape index (κ2) is 10.7. The molecular weight excluding hydrogens is 470 g/mol. The highest BCUT2D eigenvalue weighted by Crippen LogP contribution is 2.27. The lowest BCUT2D eigenvalue weighted by molar-refractivity contribution is -0.385. The van der Waals surface area contributed by atoms with Crippen LogP contribution in [0.25, 0.3) is 22.3 Å². The van der Waals surface area contributed by atoms with E-state index < -0.39 is 4.92 Å². The monoisotopic (exact) mass is 497 g/mol. The third kappa shape index (κ3) is 5.73. The number of anilines is 1. The molecule has 1 aliphatic rings. The maximum absolute atomic E-state index is 13.0. The van der Waals surface area contributed by atoms with Crippen LogP contribution in [0.3, 0.4) is 0 Å². The molecule has 9 heteroatoms. The quantitative estimate of drug-likeness (QED) is 0.254. The van der Waals surface area contributed by atoms with Crippen molar-refractivity contribution in [3.05, 3.63) is 88.6 Å². The first-order valence-corrected chi connectivity index (χ1v) is 12.3. The molecule has 0 saturated carbocycles. The van der Waals surface area contributed by atoms with Crippen LogP contribution >= 0.6 is 0 Å². The Labute approximate surface area is 213 Å². The molecule has 188 valence electrons. The van der Waals surface area contributed by atoms with Gasteiger partial charge in [0.25, 0.3) is 5.69 Å². The average molecular weight is 498 g/mol. The van der Waals surface area contributed by atoms with Gasteiger partial charge in [0, 0.05) is 29.3 Å². The van der Waals surface area contributed by atoms with Crippen LogP contribution in [0.5, 0.6) is 0 Å². The molecule has 37 heavy (non-hydrogen) atoms. The number of nitro groups is 1.